The highest BCUT2D eigenvalue weighted by Crippen LogP contribution is 2.27. The van der Waals surface area contributed by atoms with Gasteiger partial charge in [0.2, 0.25) is 10.0 Å². The van der Waals surface area contributed by atoms with Crippen LogP contribution in [0.4, 0.5) is 5.00 Å². The summed E-state index contributed by atoms with van der Waals surface area (Å²) in [6.45, 7) is 5.08. The Morgan fingerprint density at radius 3 is 2.44 bits per heavy atom. The molecular weight excluding hydrogens is 412 g/mol. The third-order valence-electron chi connectivity index (χ3n) is 3.22. The third-order valence-corrected chi connectivity index (χ3v) is 6.29. The first-order valence-electron chi connectivity index (χ1n) is 7.75. The number of methoxy groups -OCH3 is 1. The van der Waals surface area contributed by atoms with Gasteiger partial charge in [0.05, 0.1) is 17.7 Å². The molecule has 146 valence electrons. The minimum absolute atomic E-state index is 0.00493. The number of rotatable bonds is 5. The zero-order valence-electron chi connectivity index (χ0n) is 15.1. The summed E-state index contributed by atoms with van der Waals surface area (Å²) >= 11 is 7.18. The molecule has 0 saturated carbocycles. The van der Waals surface area contributed by atoms with Gasteiger partial charge in [0.15, 0.2) is 0 Å². The molecule has 1 heterocycles. The largest absolute Gasteiger partial charge is 0.465 e. The highest BCUT2D eigenvalue weighted by molar-refractivity contribution is 7.89. The number of hydrogen-bond donors (Lipinski definition) is 2. The molecule has 0 bridgehead atoms. The molecule has 0 atom stereocenters. The Morgan fingerprint density at radius 2 is 1.85 bits per heavy atom. The van der Waals surface area contributed by atoms with Crippen LogP contribution in [-0.4, -0.2) is 32.9 Å². The fourth-order valence-corrected chi connectivity index (χ4v) is 4.88. The predicted octanol–water partition coefficient (Wildman–Crippen LogP) is 3.52. The standard InChI is InChI=1S/C17H19ClN2O5S2/c1-17(2,3)20-27(23,24)13-9-10(5-6-12(13)18)14(21)19-15-11(7-8-26-15)16(22)25-4/h5-9,20H,1-4H3,(H,19,21). The van der Waals surface area contributed by atoms with Crippen molar-refractivity contribution in [2.24, 2.45) is 0 Å². The number of benzene rings is 1. The van der Waals surface area contributed by atoms with Crippen molar-refractivity contribution < 1.29 is 22.7 Å². The number of carbonyl (C=O) groups excluding carboxylic acids is 2. The Bertz CT molecular complexity index is 977. The fourth-order valence-electron chi connectivity index (χ4n) is 2.16. The molecule has 0 aliphatic heterocycles. The normalized spacial score (nSPS) is 11.9. The van der Waals surface area contributed by atoms with Crippen LogP contribution in [0.25, 0.3) is 0 Å². The first-order valence-corrected chi connectivity index (χ1v) is 10.5. The molecular formula is C17H19ClN2O5S2. The highest BCUT2D eigenvalue weighted by atomic mass is 35.5. The van der Waals surface area contributed by atoms with Crippen LogP contribution >= 0.6 is 22.9 Å². The number of nitrogens with one attached hydrogen (secondary N) is 2. The molecule has 1 aromatic carbocycles. The van der Waals surface area contributed by atoms with Crippen molar-refractivity contribution in [3.63, 3.8) is 0 Å². The van der Waals surface area contributed by atoms with Crippen LogP contribution in [0.3, 0.4) is 0 Å². The molecule has 0 unspecified atom stereocenters. The number of carbonyl (C=O) groups is 2. The van der Waals surface area contributed by atoms with Crippen molar-refractivity contribution in [3.8, 4) is 0 Å². The van der Waals surface area contributed by atoms with E-state index >= 15 is 0 Å². The summed E-state index contributed by atoms with van der Waals surface area (Å²) in [5.41, 5.74) is -0.419. The van der Waals surface area contributed by atoms with Crippen molar-refractivity contribution in [3.05, 3.63) is 45.8 Å². The smallest absolute Gasteiger partial charge is 0.340 e. The second kappa shape index (κ2) is 7.97. The van der Waals surface area contributed by atoms with Crippen molar-refractivity contribution >= 4 is 49.8 Å². The van der Waals surface area contributed by atoms with Gasteiger partial charge < -0.3 is 10.1 Å². The van der Waals surface area contributed by atoms with Crippen molar-refractivity contribution in [1.82, 2.24) is 4.72 Å². The van der Waals surface area contributed by atoms with E-state index < -0.39 is 27.4 Å². The Kier molecular flexibility index (Phi) is 6.31. The summed E-state index contributed by atoms with van der Waals surface area (Å²) in [6.07, 6.45) is 0. The van der Waals surface area contributed by atoms with Gasteiger partial charge in [-0.3, -0.25) is 4.79 Å². The fraction of sp³-hybridized carbons (Fsp3) is 0.294. The van der Waals surface area contributed by atoms with E-state index in [0.29, 0.717) is 5.00 Å². The molecule has 2 rings (SSSR count). The molecule has 0 spiro atoms. The number of halogens is 1. The maximum Gasteiger partial charge on any atom is 0.340 e. The van der Waals surface area contributed by atoms with E-state index in [1.165, 1.54) is 31.4 Å². The van der Waals surface area contributed by atoms with Gasteiger partial charge in [-0.1, -0.05) is 11.6 Å². The van der Waals surface area contributed by atoms with E-state index in [1.54, 1.807) is 26.2 Å². The van der Waals surface area contributed by atoms with Crippen LogP contribution in [-0.2, 0) is 14.8 Å². The minimum Gasteiger partial charge on any atom is -0.465 e. The topological polar surface area (TPSA) is 102 Å². The maximum absolute atomic E-state index is 12.6. The van der Waals surface area contributed by atoms with Crippen LogP contribution in [0.15, 0.2) is 34.5 Å². The number of thiophene rings is 1. The average molecular weight is 431 g/mol. The van der Waals surface area contributed by atoms with Gasteiger partial charge in [0, 0.05) is 11.1 Å². The number of ether oxygens (including phenoxy) is 1. The number of sulfonamides is 1. The van der Waals surface area contributed by atoms with Crippen molar-refractivity contribution in [2.45, 2.75) is 31.2 Å². The monoisotopic (exact) mass is 430 g/mol. The van der Waals surface area contributed by atoms with Crippen LogP contribution in [0.1, 0.15) is 41.5 Å². The quantitative estimate of drug-likeness (QED) is 0.706. The maximum atomic E-state index is 12.6. The SMILES string of the molecule is COC(=O)c1ccsc1NC(=O)c1ccc(Cl)c(S(=O)(=O)NC(C)(C)C)c1. The van der Waals surface area contributed by atoms with E-state index in [0.717, 1.165) is 11.3 Å². The Labute approximate surface area is 166 Å². The van der Waals surface area contributed by atoms with E-state index in [9.17, 15) is 18.0 Å². The molecule has 1 amide bonds. The van der Waals surface area contributed by atoms with E-state index in [2.05, 4.69) is 14.8 Å². The highest BCUT2D eigenvalue weighted by Gasteiger charge is 2.25. The van der Waals surface area contributed by atoms with Crippen LogP contribution < -0.4 is 10.0 Å². The lowest BCUT2D eigenvalue weighted by molar-refractivity contribution is 0.0602. The van der Waals surface area contributed by atoms with E-state index in [-0.39, 0.29) is 21.0 Å². The molecule has 7 nitrogen and oxygen atoms in total. The lowest BCUT2D eigenvalue weighted by Gasteiger charge is -2.21. The number of esters is 1. The molecule has 1 aromatic heterocycles. The Balaban J connectivity index is 2.34. The molecule has 0 fully saturated rings. The minimum atomic E-state index is -3.93. The van der Waals surface area contributed by atoms with Crippen molar-refractivity contribution in [1.29, 1.82) is 0 Å². The molecule has 0 saturated heterocycles. The van der Waals surface area contributed by atoms with Gasteiger partial charge in [0.25, 0.3) is 5.91 Å². The molecule has 2 aromatic rings. The van der Waals surface area contributed by atoms with Gasteiger partial charge in [0.1, 0.15) is 9.90 Å². The summed E-state index contributed by atoms with van der Waals surface area (Å²) in [5.74, 6) is -1.16. The zero-order valence-corrected chi connectivity index (χ0v) is 17.5. The Hall–Kier alpha value is -1.94. The summed E-state index contributed by atoms with van der Waals surface area (Å²) in [4.78, 5) is 24.0. The van der Waals surface area contributed by atoms with Gasteiger partial charge in [-0.05, 0) is 50.4 Å². The molecule has 10 heteroatoms. The summed E-state index contributed by atoms with van der Waals surface area (Å²) in [6, 6.07) is 5.46. The van der Waals surface area contributed by atoms with Gasteiger partial charge in [-0.15, -0.1) is 11.3 Å². The average Bonchev–Trinajstić information content (AvgIpc) is 3.00. The van der Waals surface area contributed by atoms with E-state index in [4.69, 9.17) is 11.6 Å². The van der Waals surface area contributed by atoms with Gasteiger partial charge >= 0.3 is 5.97 Å². The molecule has 0 radical (unpaired) electrons. The summed E-state index contributed by atoms with van der Waals surface area (Å²) in [7, 11) is -2.69. The second-order valence-electron chi connectivity index (χ2n) is 6.61. The molecule has 0 aliphatic carbocycles. The van der Waals surface area contributed by atoms with Crippen LogP contribution in [0.2, 0.25) is 5.02 Å². The van der Waals surface area contributed by atoms with E-state index in [1.807, 2.05) is 0 Å². The van der Waals surface area contributed by atoms with Crippen LogP contribution in [0, 0.1) is 0 Å². The van der Waals surface area contributed by atoms with Crippen LogP contribution in [0.5, 0.6) is 0 Å². The lowest BCUT2D eigenvalue weighted by atomic mass is 10.1. The van der Waals surface area contributed by atoms with Gasteiger partial charge in [-0.25, -0.2) is 17.9 Å². The number of amides is 1. The molecule has 2 N–H and O–H groups in total. The summed E-state index contributed by atoms with van der Waals surface area (Å²) in [5, 5.41) is 4.52. The van der Waals surface area contributed by atoms with Gasteiger partial charge in [-0.2, -0.15) is 0 Å². The predicted molar refractivity (Wildman–Crippen MR) is 105 cm³/mol. The molecule has 0 aliphatic rings. The zero-order chi connectivity index (χ0) is 20.4. The number of hydrogen-bond acceptors (Lipinski definition) is 6. The summed E-state index contributed by atoms with van der Waals surface area (Å²) < 4.78 is 32.3. The first-order chi connectivity index (χ1) is 12.4. The lowest BCUT2D eigenvalue weighted by Crippen LogP contribution is -2.40. The Morgan fingerprint density at radius 1 is 1.19 bits per heavy atom. The third kappa shape index (κ3) is 5.29. The second-order valence-corrected chi connectivity index (χ2v) is 9.58. The molecule has 27 heavy (non-hydrogen) atoms. The number of anilines is 1. The first kappa shape index (κ1) is 21.4. The van der Waals surface area contributed by atoms with Crippen molar-refractivity contribution in [2.75, 3.05) is 12.4 Å².